The number of nitrogens with zero attached hydrogens (tertiary/aromatic N) is 3. The van der Waals surface area contributed by atoms with Crippen LogP contribution in [0.4, 0.5) is 0 Å². The summed E-state index contributed by atoms with van der Waals surface area (Å²) in [6.07, 6.45) is 3.06. The molecule has 4 nitrogen and oxygen atoms in total. The van der Waals surface area contributed by atoms with Gasteiger partial charge < -0.3 is 5.11 Å². The summed E-state index contributed by atoms with van der Waals surface area (Å²) < 4.78 is 1.88. The maximum Gasteiger partial charge on any atom is 0.112 e. The van der Waals surface area contributed by atoms with Crippen molar-refractivity contribution >= 4 is 0 Å². The Labute approximate surface area is 120 Å². The van der Waals surface area contributed by atoms with Gasteiger partial charge in [-0.1, -0.05) is 38.1 Å². The van der Waals surface area contributed by atoms with Crippen LogP contribution < -0.4 is 0 Å². The van der Waals surface area contributed by atoms with Crippen LogP contribution in [0.3, 0.4) is 0 Å². The Bertz CT molecular complexity index is 541. The van der Waals surface area contributed by atoms with Gasteiger partial charge in [-0.15, -0.1) is 5.10 Å². The predicted molar refractivity (Wildman–Crippen MR) is 80.0 cm³/mol. The van der Waals surface area contributed by atoms with E-state index in [1.165, 1.54) is 5.56 Å². The van der Waals surface area contributed by atoms with Crippen LogP contribution in [0.25, 0.3) is 5.69 Å². The quantitative estimate of drug-likeness (QED) is 0.879. The van der Waals surface area contributed by atoms with E-state index in [0.29, 0.717) is 11.6 Å². The van der Waals surface area contributed by atoms with Crippen LogP contribution in [-0.2, 0) is 13.0 Å². The topological polar surface area (TPSA) is 50.9 Å². The van der Waals surface area contributed by atoms with Gasteiger partial charge in [-0.2, -0.15) is 0 Å². The molecule has 0 radical (unpaired) electrons. The van der Waals surface area contributed by atoms with Gasteiger partial charge in [0.1, 0.15) is 5.69 Å². The average Bonchev–Trinajstić information content (AvgIpc) is 2.92. The first-order valence-electron chi connectivity index (χ1n) is 7.39. The normalized spacial score (nSPS) is 11.2. The Kier molecular flexibility index (Phi) is 4.90. The van der Waals surface area contributed by atoms with Gasteiger partial charge in [-0.3, -0.25) is 0 Å². The fourth-order valence-electron chi connectivity index (χ4n) is 2.58. The summed E-state index contributed by atoms with van der Waals surface area (Å²) in [5, 5.41) is 17.9. The van der Waals surface area contributed by atoms with Crippen molar-refractivity contribution in [3.63, 3.8) is 0 Å². The fourth-order valence-corrected chi connectivity index (χ4v) is 2.58. The van der Waals surface area contributed by atoms with Crippen LogP contribution in [0.5, 0.6) is 0 Å². The molecule has 0 unspecified atom stereocenters. The highest BCUT2D eigenvalue weighted by Crippen LogP contribution is 2.27. The van der Waals surface area contributed by atoms with Gasteiger partial charge in [0.2, 0.25) is 0 Å². The van der Waals surface area contributed by atoms with Gasteiger partial charge in [0.15, 0.2) is 0 Å². The van der Waals surface area contributed by atoms with Crippen molar-refractivity contribution in [3.05, 3.63) is 41.2 Å². The van der Waals surface area contributed by atoms with E-state index in [4.69, 9.17) is 0 Å². The molecule has 0 saturated heterocycles. The summed E-state index contributed by atoms with van der Waals surface area (Å²) in [5.41, 5.74) is 4.05. The molecule has 1 aromatic heterocycles. The number of rotatable bonds is 6. The van der Waals surface area contributed by atoms with Crippen molar-refractivity contribution in [1.82, 2.24) is 15.0 Å². The zero-order valence-corrected chi connectivity index (χ0v) is 12.5. The maximum atomic E-state index is 9.48. The maximum absolute atomic E-state index is 9.48. The van der Waals surface area contributed by atoms with E-state index in [0.717, 1.165) is 30.6 Å². The van der Waals surface area contributed by atoms with Crippen LogP contribution in [0.2, 0.25) is 0 Å². The van der Waals surface area contributed by atoms with Crippen LogP contribution >= 0.6 is 0 Å². The number of aromatic nitrogens is 3. The van der Waals surface area contributed by atoms with E-state index < -0.39 is 0 Å². The zero-order valence-electron chi connectivity index (χ0n) is 12.5. The minimum Gasteiger partial charge on any atom is -0.390 e. The van der Waals surface area contributed by atoms with Gasteiger partial charge in [0, 0.05) is 5.92 Å². The highest BCUT2D eigenvalue weighted by Gasteiger charge is 2.20. The SMILES string of the molecule is CCc1ccc(-n2nnc(CO)c2C(CC)CC)cc1. The van der Waals surface area contributed by atoms with Gasteiger partial charge in [0.25, 0.3) is 0 Å². The molecule has 0 aliphatic rings. The largest absolute Gasteiger partial charge is 0.390 e. The third-order valence-corrected chi connectivity index (χ3v) is 3.89. The summed E-state index contributed by atoms with van der Waals surface area (Å²) >= 11 is 0. The van der Waals surface area contributed by atoms with E-state index in [1.54, 1.807) is 0 Å². The number of aryl methyl sites for hydroxylation is 1. The first-order chi connectivity index (χ1) is 9.74. The molecule has 0 aliphatic heterocycles. The van der Waals surface area contributed by atoms with Gasteiger partial charge in [-0.25, -0.2) is 4.68 Å². The molecular weight excluding hydrogens is 250 g/mol. The highest BCUT2D eigenvalue weighted by molar-refractivity contribution is 5.37. The third-order valence-electron chi connectivity index (χ3n) is 3.89. The van der Waals surface area contributed by atoms with E-state index in [9.17, 15) is 5.11 Å². The van der Waals surface area contributed by atoms with Crippen LogP contribution in [0.15, 0.2) is 24.3 Å². The highest BCUT2D eigenvalue weighted by atomic mass is 16.3. The van der Waals surface area contributed by atoms with E-state index in [-0.39, 0.29) is 6.61 Å². The van der Waals surface area contributed by atoms with Gasteiger partial charge >= 0.3 is 0 Å². The zero-order chi connectivity index (χ0) is 14.5. The number of aliphatic hydroxyl groups excluding tert-OH is 1. The summed E-state index contributed by atoms with van der Waals surface area (Å²) in [5.74, 6) is 0.373. The van der Waals surface area contributed by atoms with Crippen molar-refractivity contribution < 1.29 is 5.11 Å². The Morgan fingerprint density at radius 3 is 2.25 bits per heavy atom. The second kappa shape index (κ2) is 6.66. The van der Waals surface area contributed by atoms with Gasteiger partial charge in [0.05, 0.1) is 18.0 Å². The Hall–Kier alpha value is -1.68. The molecule has 1 heterocycles. The average molecular weight is 273 g/mol. The second-order valence-electron chi connectivity index (χ2n) is 5.02. The number of hydrogen-bond donors (Lipinski definition) is 1. The molecule has 4 heteroatoms. The summed E-state index contributed by atoms with van der Waals surface area (Å²) in [6.45, 7) is 6.41. The van der Waals surface area contributed by atoms with E-state index in [2.05, 4.69) is 55.3 Å². The number of aliphatic hydroxyl groups is 1. The molecule has 108 valence electrons. The Morgan fingerprint density at radius 2 is 1.75 bits per heavy atom. The minimum atomic E-state index is -0.0567. The standard InChI is InChI=1S/C16H23N3O/c1-4-12-7-9-14(10-8-12)19-16(13(5-2)6-3)15(11-20)17-18-19/h7-10,13,20H,4-6,11H2,1-3H3. The van der Waals surface area contributed by atoms with E-state index >= 15 is 0 Å². The summed E-state index contributed by atoms with van der Waals surface area (Å²) in [4.78, 5) is 0. The molecule has 0 fully saturated rings. The predicted octanol–water partition coefficient (Wildman–Crippen LogP) is 3.23. The minimum absolute atomic E-state index is 0.0567. The Morgan fingerprint density at radius 1 is 1.10 bits per heavy atom. The lowest BCUT2D eigenvalue weighted by Gasteiger charge is -2.15. The van der Waals surface area contributed by atoms with Crippen molar-refractivity contribution in [2.45, 2.75) is 52.6 Å². The molecular formula is C16H23N3O. The Balaban J connectivity index is 2.47. The third kappa shape index (κ3) is 2.75. The molecule has 0 saturated carbocycles. The molecule has 20 heavy (non-hydrogen) atoms. The molecule has 0 amide bonds. The molecule has 1 aromatic carbocycles. The van der Waals surface area contributed by atoms with Crippen molar-refractivity contribution in [3.8, 4) is 5.69 Å². The van der Waals surface area contributed by atoms with E-state index in [1.807, 2.05) is 4.68 Å². The summed E-state index contributed by atoms with van der Waals surface area (Å²) in [6, 6.07) is 8.37. The molecule has 2 rings (SSSR count). The molecule has 2 aromatic rings. The molecule has 1 N–H and O–H groups in total. The molecule has 0 spiro atoms. The van der Waals surface area contributed by atoms with Crippen LogP contribution in [0, 0.1) is 0 Å². The lowest BCUT2D eigenvalue weighted by atomic mass is 9.97. The smallest absolute Gasteiger partial charge is 0.112 e. The first-order valence-corrected chi connectivity index (χ1v) is 7.39. The molecule has 0 atom stereocenters. The van der Waals surface area contributed by atoms with Crippen LogP contribution in [-0.4, -0.2) is 20.1 Å². The first kappa shape index (κ1) is 14.7. The number of hydrogen-bond acceptors (Lipinski definition) is 3. The molecule has 0 aliphatic carbocycles. The monoisotopic (exact) mass is 273 g/mol. The second-order valence-corrected chi connectivity index (χ2v) is 5.02. The van der Waals surface area contributed by atoms with Crippen molar-refractivity contribution in [2.24, 2.45) is 0 Å². The van der Waals surface area contributed by atoms with Crippen LogP contribution in [0.1, 0.15) is 56.5 Å². The molecule has 0 bridgehead atoms. The summed E-state index contributed by atoms with van der Waals surface area (Å²) in [7, 11) is 0. The van der Waals surface area contributed by atoms with Gasteiger partial charge in [-0.05, 0) is 37.0 Å². The lowest BCUT2D eigenvalue weighted by Crippen LogP contribution is -2.09. The fraction of sp³-hybridized carbons (Fsp3) is 0.500. The lowest BCUT2D eigenvalue weighted by molar-refractivity contribution is 0.274. The van der Waals surface area contributed by atoms with Crippen molar-refractivity contribution in [2.75, 3.05) is 0 Å². The van der Waals surface area contributed by atoms with Crippen molar-refractivity contribution in [1.29, 1.82) is 0 Å². The number of benzene rings is 1.